The largest absolute Gasteiger partial charge is 0.269 e. The molecule has 20 heavy (non-hydrogen) atoms. The van der Waals surface area contributed by atoms with E-state index in [1.807, 2.05) is 16.9 Å². The van der Waals surface area contributed by atoms with Gasteiger partial charge in [0.1, 0.15) is 4.90 Å². The summed E-state index contributed by atoms with van der Waals surface area (Å²) in [4.78, 5) is 0.0110. The molecule has 2 heterocycles. The molecular formula is C12H19N5O2S. The quantitative estimate of drug-likeness (QED) is 0.864. The van der Waals surface area contributed by atoms with Crippen molar-refractivity contribution in [3.63, 3.8) is 0 Å². The van der Waals surface area contributed by atoms with Crippen molar-refractivity contribution < 1.29 is 8.42 Å². The van der Waals surface area contributed by atoms with Crippen molar-refractivity contribution in [3.05, 3.63) is 30.4 Å². The van der Waals surface area contributed by atoms with E-state index in [2.05, 4.69) is 24.0 Å². The van der Waals surface area contributed by atoms with Gasteiger partial charge in [0.05, 0.1) is 24.5 Å². The maximum Gasteiger partial charge on any atom is 0.241 e. The summed E-state index contributed by atoms with van der Waals surface area (Å²) in [5.74, 6) is 0. The molecule has 0 atom stereocenters. The molecule has 7 nitrogen and oxygen atoms in total. The molecule has 0 saturated carbocycles. The molecule has 2 aromatic rings. The van der Waals surface area contributed by atoms with Crippen LogP contribution in [0.25, 0.3) is 0 Å². The second-order valence-corrected chi connectivity index (χ2v) is 6.24. The van der Waals surface area contributed by atoms with Gasteiger partial charge in [0.2, 0.25) is 10.0 Å². The number of primary sulfonamides is 1. The summed E-state index contributed by atoms with van der Waals surface area (Å²) in [5, 5.41) is 13.5. The lowest BCUT2D eigenvalue weighted by atomic mass is 10.2. The first-order valence-electron chi connectivity index (χ1n) is 6.53. The van der Waals surface area contributed by atoms with E-state index in [9.17, 15) is 8.42 Å². The Bertz CT molecular complexity index is 670. The van der Waals surface area contributed by atoms with Crippen molar-refractivity contribution >= 4 is 10.0 Å². The van der Waals surface area contributed by atoms with Crippen LogP contribution in [0.15, 0.2) is 29.6 Å². The van der Waals surface area contributed by atoms with Gasteiger partial charge in [0.25, 0.3) is 0 Å². The molecule has 0 spiro atoms. The molecule has 0 bridgehead atoms. The van der Waals surface area contributed by atoms with Crippen LogP contribution >= 0.6 is 0 Å². The summed E-state index contributed by atoms with van der Waals surface area (Å²) in [6.07, 6.45) is 6.64. The van der Waals surface area contributed by atoms with Crippen molar-refractivity contribution in [1.29, 1.82) is 0 Å². The summed E-state index contributed by atoms with van der Waals surface area (Å²) in [6, 6.07) is 2.30. The zero-order valence-electron chi connectivity index (χ0n) is 11.6. The normalized spacial score (nSPS) is 12.2. The third kappa shape index (κ3) is 3.26. The number of hydrogen-bond donors (Lipinski definition) is 1. The molecule has 110 valence electrons. The van der Waals surface area contributed by atoms with Crippen molar-refractivity contribution in [1.82, 2.24) is 19.6 Å². The Labute approximate surface area is 118 Å². The van der Waals surface area contributed by atoms with Crippen LogP contribution in [0.1, 0.15) is 38.4 Å². The van der Waals surface area contributed by atoms with Crippen molar-refractivity contribution in [3.8, 4) is 0 Å². The molecular weight excluding hydrogens is 278 g/mol. The summed E-state index contributed by atoms with van der Waals surface area (Å²) in [5.41, 5.74) is 0.834. The van der Waals surface area contributed by atoms with Gasteiger partial charge in [0, 0.05) is 12.4 Å². The summed E-state index contributed by atoms with van der Waals surface area (Å²) in [6.45, 7) is 4.67. The second kappa shape index (κ2) is 5.76. The van der Waals surface area contributed by atoms with Gasteiger partial charge < -0.3 is 0 Å². The Balaban J connectivity index is 2.13. The molecule has 0 aliphatic rings. The van der Waals surface area contributed by atoms with Gasteiger partial charge in [-0.3, -0.25) is 9.36 Å². The highest BCUT2D eigenvalue weighted by Gasteiger charge is 2.12. The second-order valence-electron chi connectivity index (χ2n) is 4.68. The summed E-state index contributed by atoms with van der Waals surface area (Å²) in [7, 11) is -3.70. The first-order valence-corrected chi connectivity index (χ1v) is 8.08. The number of aromatic nitrogens is 4. The number of hydrogen-bond acceptors (Lipinski definition) is 4. The Hall–Kier alpha value is -1.67. The van der Waals surface area contributed by atoms with Gasteiger partial charge >= 0.3 is 0 Å². The fourth-order valence-electron chi connectivity index (χ4n) is 2.07. The minimum Gasteiger partial charge on any atom is -0.269 e. The van der Waals surface area contributed by atoms with Gasteiger partial charge in [-0.25, -0.2) is 13.6 Å². The van der Waals surface area contributed by atoms with Crippen molar-refractivity contribution in [2.24, 2.45) is 5.14 Å². The van der Waals surface area contributed by atoms with Crippen LogP contribution in [0.3, 0.4) is 0 Å². The Morgan fingerprint density at radius 3 is 2.60 bits per heavy atom. The van der Waals surface area contributed by atoms with Crippen LogP contribution in [0.5, 0.6) is 0 Å². The van der Waals surface area contributed by atoms with Crippen LogP contribution in [-0.4, -0.2) is 28.0 Å². The summed E-state index contributed by atoms with van der Waals surface area (Å²) >= 11 is 0. The molecule has 0 aromatic carbocycles. The fourth-order valence-corrected chi connectivity index (χ4v) is 2.53. The van der Waals surface area contributed by atoms with Gasteiger partial charge in [-0.05, 0) is 18.9 Å². The molecule has 2 N–H and O–H groups in total. The predicted molar refractivity (Wildman–Crippen MR) is 74.5 cm³/mol. The van der Waals surface area contributed by atoms with Crippen molar-refractivity contribution in [2.75, 3.05) is 0 Å². The number of nitrogens with two attached hydrogens (primary N) is 1. The minimum absolute atomic E-state index is 0.0110. The SMILES string of the molecule is CCC(CC)n1ccc(Cn2cc(S(N)(=O)=O)cn2)n1. The van der Waals surface area contributed by atoms with E-state index in [0.29, 0.717) is 12.6 Å². The molecule has 8 heteroatoms. The van der Waals surface area contributed by atoms with Gasteiger partial charge in [0.15, 0.2) is 0 Å². The monoisotopic (exact) mass is 297 g/mol. The maximum absolute atomic E-state index is 11.2. The van der Waals surface area contributed by atoms with Crippen LogP contribution in [0, 0.1) is 0 Å². The lowest BCUT2D eigenvalue weighted by molar-refractivity contribution is 0.424. The number of rotatable bonds is 6. The van der Waals surface area contributed by atoms with Crippen molar-refractivity contribution in [2.45, 2.75) is 44.2 Å². The van der Waals surface area contributed by atoms with E-state index in [1.54, 1.807) is 0 Å². The molecule has 2 rings (SSSR count). The fraction of sp³-hybridized carbons (Fsp3) is 0.500. The van der Waals surface area contributed by atoms with E-state index < -0.39 is 10.0 Å². The molecule has 0 radical (unpaired) electrons. The van der Waals surface area contributed by atoms with Crippen LogP contribution in [0.2, 0.25) is 0 Å². The summed E-state index contributed by atoms with van der Waals surface area (Å²) < 4.78 is 25.8. The minimum atomic E-state index is -3.70. The van der Waals surface area contributed by atoms with E-state index in [0.717, 1.165) is 18.5 Å². The van der Waals surface area contributed by atoms with E-state index in [4.69, 9.17) is 5.14 Å². The third-order valence-corrected chi connectivity index (χ3v) is 4.11. The zero-order chi connectivity index (χ0) is 14.8. The van der Waals surface area contributed by atoms with Gasteiger partial charge in [-0.1, -0.05) is 13.8 Å². The molecule has 0 aliphatic heterocycles. The highest BCUT2D eigenvalue weighted by molar-refractivity contribution is 7.89. The Kier molecular flexibility index (Phi) is 4.24. The van der Waals surface area contributed by atoms with Crippen LogP contribution in [-0.2, 0) is 16.6 Å². The van der Waals surface area contributed by atoms with Gasteiger partial charge in [-0.15, -0.1) is 0 Å². The molecule has 0 unspecified atom stereocenters. The highest BCUT2D eigenvalue weighted by Crippen LogP contribution is 2.15. The molecule has 0 amide bonds. The molecule has 0 saturated heterocycles. The first kappa shape index (κ1) is 14.7. The molecule has 0 fully saturated rings. The lowest BCUT2D eigenvalue weighted by Crippen LogP contribution is -2.11. The smallest absolute Gasteiger partial charge is 0.241 e. The van der Waals surface area contributed by atoms with Crippen LogP contribution in [0.4, 0.5) is 0 Å². The van der Waals surface area contributed by atoms with Crippen LogP contribution < -0.4 is 5.14 Å². The van der Waals surface area contributed by atoms with Gasteiger partial charge in [-0.2, -0.15) is 10.2 Å². The zero-order valence-corrected chi connectivity index (χ0v) is 12.4. The highest BCUT2D eigenvalue weighted by atomic mass is 32.2. The lowest BCUT2D eigenvalue weighted by Gasteiger charge is -2.12. The Morgan fingerprint density at radius 1 is 1.35 bits per heavy atom. The predicted octanol–water partition coefficient (Wildman–Crippen LogP) is 1.14. The molecule has 2 aromatic heterocycles. The molecule has 0 aliphatic carbocycles. The standard InChI is InChI=1S/C12H19N5O2S/c1-3-11(4-2)17-6-5-10(15-17)8-16-9-12(7-14-16)20(13,18)19/h5-7,9,11H,3-4,8H2,1-2H3,(H2,13,18,19). The van der Waals surface area contributed by atoms with E-state index in [1.165, 1.54) is 17.1 Å². The van der Waals surface area contributed by atoms with E-state index >= 15 is 0 Å². The first-order chi connectivity index (χ1) is 9.44. The Morgan fingerprint density at radius 2 is 2.05 bits per heavy atom. The number of sulfonamides is 1. The average molecular weight is 297 g/mol. The third-order valence-electron chi connectivity index (χ3n) is 3.24. The van der Waals surface area contributed by atoms with E-state index in [-0.39, 0.29) is 4.90 Å². The topological polar surface area (TPSA) is 95.8 Å². The maximum atomic E-state index is 11.2. The number of nitrogens with zero attached hydrogens (tertiary/aromatic N) is 4. The average Bonchev–Trinajstić information content (AvgIpc) is 3.00.